The predicted molar refractivity (Wildman–Crippen MR) is 127 cm³/mol. The molecule has 2 aromatic heterocycles. The maximum absolute atomic E-state index is 14.0. The molecule has 2 aliphatic heterocycles. The van der Waals surface area contributed by atoms with E-state index in [2.05, 4.69) is 4.98 Å². The molecule has 1 amide bonds. The van der Waals surface area contributed by atoms with Crippen LogP contribution in [0.3, 0.4) is 0 Å². The van der Waals surface area contributed by atoms with E-state index >= 15 is 0 Å². The summed E-state index contributed by atoms with van der Waals surface area (Å²) in [4.78, 5) is 20.3. The van der Waals surface area contributed by atoms with Gasteiger partial charge >= 0.3 is 0 Å². The summed E-state index contributed by atoms with van der Waals surface area (Å²) < 4.78 is 35.2. The van der Waals surface area contributed by atoms with Gasteiger partial charge in [0.15, 0.2) is 0 Å². The third kappa shape index (κ3) is 3.47. The van der Waals surface area contributed by atoms with Crippen LogP contribution in [0.5, 0.6) is 5.75 Å². The monoisotopic (exact) mass is 474 g/mol. The summed E-state index contributed by atoms with van der Waals surface area (Å²) in [6.45, 7) is 0. The van der Waals surface area contributed by atoms with Gasteiger partial charge in [-0.2, -0.15) is 5.10 Å². The number of hydrogen-bond donors (Lipinski definition) is 0. The highest BCUT2D eigenvalue weighted by molar-refractivity contribution is 5.99. The van der Waals surface area contributed by atoms with Crippen LogP contribution in [0.2, 0.25) is 0 Å². The van der Waals surface area contributed by atoms with Gasteiger partial charge in [-0.25, -0.2) is 8.78 Å². The van der Waals surface area contributed by atoms with Crippen molar-refractivity contribution in [3.05, 3.63) is 77.1 Å². The Morgan fingerprint density at radius 1 is 1.11 bits per heavy atom. The Hall–Kier alpha value is -3.81. The zero-order valence-electron chi connectivity index (χ0n) is 19.5. The summed E-state index contributed by atoms with van der Waals surface area (Å²) in [5.74, 6) is -0.666. The largest absolute Gasteiger partial charge is 0.496 e. The van der Waals surface area contributed by atoms with Gasteiger partial charge in [-0.05, 0) is 56.0 Å². The number of pyridine rings is 1. The van der Waals surface area contributed by atoms with E-state index < -0.39 is 11.6 Å². The molecule has 35 heavy (non-hydrogen) atoms. The number of hydrogen-bond acceptors (Lipinski definition) is 4. The van der Waals surface area contributed by atoms with Crippen LogP contribution >= 0.6 is 0 Å². The zero-order valence-corrected chi connectivity index (χ0v) is 19.5. The molecule has 2 bridgehead atoms. The van der Waals surface area contributed by atoms with Crippen molar-refractivity contribution in [2.45, 2.75) is 37.8 Å². The summed E-state index contributed by atoms with van der Waals surface area (Å²) in [5, 5.41) is 5.54. The van der Waals surface area contributed by atoms with Crippen molar-refractivity contribution < 1.29 is 18.3 Å². The van der Waals surface area contributed by atoms with Gasteiger partial charge in [-0.1, -0.05) is 6.07 Å². The van der Waals surface area contributed by atoms with Crippen LogP contribution in [-0.4, -0.2) is 38.7 Å². The molecule has 4 heterocycles. The van der Waals surface area contributed by atoms with Crippen molar-refractivity contribution in [2.75, 3.05) is 7.11 Å². The Kier molecular flexibility index (Phi) is 5.05. The van der Waals surface area contributed by atoms with Crippen molar-refractivity contribution in [3.63, 3.8) is 0 Å². The molecule has 2 aromatic carbocycles. The molecule has 6 nitrogen and oxygen atoms in total. The summed E-state index contributed by atoms with van der Waals surface area (Å²) >= 11 is 0. The Morgan fingerprint density at radius 3 is 2.69 bits per heavy atom. The first-order chi connectivity index (χ1) is 16.9. The molecule has 0 radical (unpaired) electrons. The van der Waals surface area contributed by atoms with Crippen molar-refractivity contribution >= 4 is 16.8 Å². The number of aryl methyl sites for hydroxylation is 1. The number of nitrogens with zero attached hydrogens (tertiary/aromatic N) is 4. The molecular weight excluding hydrogens is 450 g/mol. The van der Waals surface area contributed by atoms with Crippen LogP contribution in [0.15, 0.2) is 48.7 Å². The minimum Gasteiger partial charge on any atom is -0.496 e. The van der Waals surface area contributed by atoms with E-state index in [9.17, 15) is 13.6 Å². The van der Waals surface area contributed by atoms with Gasteiger partial charge in [0.1, 0.15) is 17.4 Å². The van der Waals surface area contributed by atoms with Crippen LogP contribution < -0.4 is 4.74 Å². The average Bonchev–Trinajstić information content (AvgIpc) is 3.17. The molecule has 2 aliphatic rings. The van der Waals surface area contributed by atoms with Gasteiger partial charge in [0.25, 0.3) is 5.91 Å². The van der Waals surface area contributed by atoms with Crippen molar-refractivity contribution in [1.82, 2.24) is 19.7 Å². The molecule has 8 heteroatoms. The molecular formula is C27H24F2N4O2. The topological polar surface area (TPSA) is 60.2 Å². The smallest absolute Gasteiger partial charge is 0.256 e. The molecule has 0 aliphatic carbocycles. The molecule has 1 saturated heterocycles. The highest BCUT2D eigenvalue weighted by Crippen LogP contribution is 2.45. The maximum atomic E-state index is 14.0. The molecule has 0 spiro atoms. The Bertz CT molecular complexity index is 1460. The fraction of sp³-hybridized carbons (Fsp3) is 0.296. The Balaban J connectivity index is 1.42. The number of carbonyl (C=O) groups excluding carboxylic acids is 1. The maximum Gasteiger partial charge on any atom is 0.256 e. The minimum absolute atomic E-state index is 0.0246. The molecule has 0 unspecified atom stereocenters. The molecule has 2 atom stereocenters. The van der Waals surface area contributed by atoms with Crippen molar-refractivity contribution in [3.8, 4) is 17.0 Å². The van der Waals surface area contributed by atoms with Crippen LogP contribution in [0.4, 0.5) is 8.78 Å². The third-order valence-electron chi connectivity index (χ3n) is 7.20. The number of methoxy groups -OCH3 is 1. The SMILES string of the molecule is COc1cccc2ncc(C(=O)N3[C@@H]4CCC[C@H]3c3nn(C)c(-c5cc(F)cc(F)c5)c3C4)cc12. The first-order valence-electron chi connectivity index (χ1n) is 11.7. The molecule has 4 aromatic rings. The summed E-state index contributed by atoms with van der Waals surface area (Å²) in [6.07, 6.45) is 4.84. The quantitative estimate of drug-likeness (QED) is 0.409. The van der Waals surface area contributed by atoms with E-state index in [-0.39, 0.29) is 18.0 Å². The van der Waals surface area contributed by atoms with Crippen molar-refractivity contribution in [2.24, 2.45) is 7.05 Å². The summed E-state index contributed by atoms with van der Waals surface area (Å²) in [5.41, 5.74) is 4.21. The van der Waals surface area contributed by atoms with Gasteiger partial charge in [-0.15, -0.1) is 0 Å². The highest BCUT2D eigenvalue weighted by atomic mass is 19.1. The predicted octanol–water partition coefficient (Wildman–Crippen LogP) is 5.21. The lowest BCUT2D eigenvalue weighted by atomic mass is 9.81. The second kappa shape index (κ2) is 8.15. The number of aromatic nitrogens is 3. The number of rotatable bonds is 3. The average molecular weight is 475 g/mol. The minimum atomic E-state index is -0.623. The summed E-state index contributed by atoms with van der Waals surface area (Å²) in [6, 6.07) is 10.8. The van der Waals surface area contributed by atoms with E-state index in [1.54, 1.807) is 25.0 Å². The lowest BCUT2D eigenvalue weighted by Gasteiger charge is -2.45. The number of benzene rings is 2. The van der Waals surface area contributed by atoms with Crippen LogP contribution in [-0.2, 0) is 13.5 Å². The van der Waals surface area contributed by atoms with Gasteiger partial charge in [0.05, 0.1) is 35.6 Å². The van der Waals surface area contributed by atoms with E-state index in [1.807, 2.05) is 29.2 Å². The van der Waals surface area contributed by atoms with Crippen LogP contribution in [0, 0.1) is 11.6 Å². The molecule has 6 rings (SSSR count). The van der Waals surface area contributed by atoms with Crippen LogP contribution in [0.25, 0.3) is 22.2 Å². The van der Waals surface area contributed by atoms with Gasteiger partial charge in [-0.3, -0.25) is 14.5 Å². The normalized spacial score (nSPS) is 19.0. The van der Waals surface area contributed by atoms with Gasteiger partial charge in [0.2, 0.25) is 0 Å². The number of halogens is 2. The van der Waals surface area contributed by atoms with Crippen molar-refractivity contribution in [1.29, 1.82) is 0 Å². The number of carbonyl (C=O) groups is 1. The molecule has 0 N–H and O–H groups in total. The lowest BCUT2D eigenvalue weighted by molar-refractivity contribution is 0.0391. The van der Waals surface area contributed by atoms with E-state index in [0.29, 0.717) is 29.0 Å². The van der Waals surface area contributed by atoms with Gasteiger partial charge in [0, 0.05) is 41.9 Å². The van der Waals surface area contributed by atoms with Crippen LogP contribution in [0.1, 0.15) is 46.9 Å². The zero-order chi connectivity index (χ0) is 24.3. The lowest BCUT2D eigenvalue weighted by Crippen LogP contribution is -2.49. The Morgan fingerprint density at radius 2 is 1.91 bits per heavy atom. The fourth-order valence-electron chi connectivity index (χ4n) is 5.77. The molecule has 178 valence electrons. The Labute approximate surface area is 201 Å². The van der Waals surface area contributed by atoms with E-state index in [4.69, 9.17) is 9.84 Å². The number of amides is 1. The highest BCUT2D eigenvalue weighted by Gasteiger charge is 2.43. The fourth-order valence-corrected chi connectivity index (χ4v) is 5.77. The first-order valence-corrected chi connectivity index (χ1v) is 11.7. The first kappa shape index (κ1) is 21.7. The second-order valence-electron chi connectivity index (χ2n) is 9.26. The third-order valence-corrected chi connectivity index (χ3v) is 7.20. The number of piperidine rings is 1. The number of ether oxygens (including phenoxy) is 1. The van der Waals surface area contributed by atoms with Gasteiger partial charge < -0.3 is 9.64 Å². The molecule has 0 saturated carbocycles. The summed E-state index contributed by atoms with van der Waals surface area (Å²) in [7, 11) is 3.38. The van der Waals surface area contributed by atoms with E-state index in [1.165, 1.54) is 12.1 Å². The second-order valence-corrected chi connectivity index (χ2v) is 9.26. The number of fused-ring (bicyclic) bond motifs is 5. The molecule has 1 fully saturated rings. The van der Waals surface area contributed by atoms with E-state index in [0.717, 1.165) is 47.5 Å². The standard InChI is InChI=1S/C27H24F2N4O2/c1-32-26(15-9-17(28)12-18(29)10-15)21-13-19-5-3-7-23(25(21)31-32)33(19)27(34)16-11-20-22(30-14-16)6-4-8-24(20)35-2/h4,6,8-12,14,19,23H,3,5,7,13H2,1-2H3/t19-,23+/m1/s1.